The molecule has 0 radical (unpaired) electrons. The molecule has 5 nitrogen and oxygen atoms in total. The molecule has 1 unspecified atom stereocenters. The second-order valence-electron chi connectivity index (χ2n) is 6.40. The molecule has 0 saturated carbocycles. The Labute approximate surface area is 166 Å². The van der Waals surface area contributed by atoms with E-state index in [0.29, 0.717) is 13.2 Å². The molecule has 5 heteroatoms. The van der Waals surface area contributed by atoms with Crippen molar-refractivity contribution in [2.24, 2.45) is 0 Å². The van der Waals surface area contributed by atoms with Gasteiger partial charge in [-0.3, -0.25) is 4.98 Å². The Hall–Kier alpha value is -2.89. The molecule has 146 valence electrons. The highest BCUT2D eigenvalue weighted by molar-refractivity contribution is 5.43. The molecule has 0 aliphatic heterocycles. The largest absolute Gasteiger partial charge is 0.493 e. The molecule has 0 saturated heterocycles. The zero-order valence-electron chi connectivity index (χ0n) is 16.3. The maximum absolute atomic E-state index is 5.89. The van der Waals surface area contributed by atoms with Crippen LogP contribution in [0, 0.1) is 0 Å². The number of rotatable bonds is 10. The average Bonchev–Trinajstić information content (AvgIpc) is 2.77. The molecule has 1 aromatic heterocycles. The van der Waals surface area contributed by atoms with Gasteiger partial charge in [0.1, 0.15) is 6.61 Å². The third-order valence-corrected chi connectivity index (χ3v) is 4.49. The van der Waals surface area contributed by atoms with Gasteiger partial charge in [0.25, 0.3) is 0 Å². The SMILES string of the molecule is COc1cc(CNCC(OC)c2ccccc2)ccc1OCc1ccncc1. The van der Waals surface area contributed by atoms with Crippen molar-refractivity contribution >= 4 is 0 Å². The van der Waals surface area contributed by atoms with E-state index in [1.54, 1.807) is 26.6 Å². The molecule has 1 N–H and O–H groups in total. The molecule has 0 aliphatic carbocycles. The van der Waals surface area contributed by atoms with E-state index < -0.39 is 0 Å². The molecule has 3 aromatic rings. The summed E-state index contributed by atoms with van der Waals surface area (Å²) in [5, 5.41) is 3.45. The smallest absolute Gasteiger partial charge is 0.161 e. The maximum Gasteiger partial charge on any atom is 0.161 e. The second kappa shape index (κ2) is 10.4. The molecule has 28 heavy (non-hydrogen) atoms. The van der Waals surface area contributed by atoms with Crippen molar-refractivity contribution in [1.82, 2.24) is 10.3 Å². The standard InChI is InChI=1S/C23H26N2O3/c1-26-22-14-19(8-9-21(22)28-17-18-10-12-24-13-11-18)15-25-16-23(27-2)20-6-4-3-5-7-20/h3-14,23,25H,15-17H2,1-2H3. The summed E-state index contributed by atoms with van der Waals surface area (Å²) in [6.07, 6.45) is 3.53. The maximum atomic E-state index is 5.89. The van der Waals surface area contributed by atoms with Gasteiger partial charge in [-0.2, -0.15) is 0 Å². The molecule has 0 bridgehead atoms. The normalized spacial score (nSPS) is 11.8. The molecule has 1 heterocycles. The lowest BCUT2D eigenvalue weighted by Gasteiger charge is -2.17. The van der Waals surface area contributed by atoms with E-state index in [4.69, 9.17) is 14.2 Å². The van der Waals surface area contributed by atoms with Crippen LogP contribution in [-0.4, -0.2) is 25.7 Å². The van der Waals surface area contributed by atoms with Gasteiger partial charge in [0.2, 0.25) is 0 Å². The fourth-order valence-corrected chi connectivity index (χ4v) is 2.93. The summed E-state index contributed by atoms with van der Waals surface area (Å²) in [5.41, 5.74) is 3.35. The molecular weight excluding hydrogens is 352 g/mol. The minimum Gasteiger partial charge on any atom is -0.493 e. The number of pyridine rings is 1. The highest BCUT2D eigenvalue weighted by Crippen LogP contribution is 2.29. The predicted octanol–water partition coefficient (Wildman–Crippen LogP) is 4.15. The summed E-state index contributed by atoms with van der Waals surface area (Å²) in [4.78, 5) is 4.02. The Bertz CT molecular complexity index is 841. The number of ether oxygens (including phenoxy) is 3. The van der Waals surface area contributed by atoms with E-state index in [1.807, 2.05) is 48.5 Å². The molecular formula is C23H26N2O3. The van der Waals surface area contributed by atoms with E-state index in [2.05, 4.69) is 22.4 Å². The first-order valence-electron chi connectivity index (χ1n) is 9.27. The van der Waals surface area contributed by atoms with E-state index in [-0.39, 0.29) is 6.10 Å². The molecule has 0 amide bonds. The molecule has 0 spiro atoms. The topological polar surface area (TPSA) is 52.6 Å². The third-order valence-electron chi connectivity index (χ3n) is 4.49. The highest BCUT2D eigenvalue weighted by atomic mass is 16.5. The van der Waals surface area contributed by atoms with Gasteiger partial charge in [0, 0.05) is 32.6 Å². The summed E-state index contributed by atoms with van der Waals surface area (Å²) < 4.78 is 17.0. The zero-order valence-corrected chi connectivity index (χ0v) is 16.3. The Morgan fingerprint density at radius 2 is 1.68 bits per heavy atom. The van der Waals surface area contributed by atoms with E-state index in [9.17, 15) is 0 Å². The van der Waals surface area contributed by atoms with Crippen molar-refractivity contribution in [1.29, 1.82) is 0 Å². The number of benzene rings is 2. The number of nitrogens with one attached hydrogen (secondary N) is 1. The Kier molecular flexibility index (Phi) is 7.41. The van der Waals surface area contributed by atoms with Crippen molar-refractivity contribution in [3.63, 3.8) is 0 Å². The van der Waals surface area contributed by atoms with Crippen LogP contribution in [0.4, 0.5) is 0 Å². The van der Waals surface area contributed by atoms with Crippen LogP contribution in [0.3, 0.4) is 0 Å². The van der Waals surface area contributed by atoms with Crippen molar-refractivity contribution < 1.29 is 14.2 Å². The van der Waals surface area contributed by atoms with Crippen LogP contribution < -0.4 is 14.8 Å². The zero-order chi connectivity index (χ0) is 19.6. The van der Waals surface area contributed by atoms with Crippen molar-refractivity contribution in [2.75, 3.05) is 20.8 Å². The number of hydrogen-bond acceptors (Lipinski definition) is 5. The van der Waals surface area contributed by atoms with Crippen LogP contribution >= 0.6 is 0 Å². The molecule has 3 rings (SSSR count). The Morgan fingerprint density at radius 1 is 0.893 bits per heavy atom. The fraction of sp³-hybridized carbons (Fsp3) is 0.261. The highest BCUT2D eigenvalue weighted by Gasteiger charge is 2.10. The van der Waals surface area contributed by atoms with Gasteiger partial charge < -0.3 is 19.5 Å². The van der Waals surface area contributed by atoms with Gasteiger partial charge in [-0.15, -0.1) is 0 Å². The van der Waals surface area contributed by atoms with E-state index >= 15 is 0 Å². The minimum atomic E-state index is 0.0195. The minimum absolute atomic E-state index is 0.0195. The van der Waals surface area contributed by atoms with Gasteiger partial charge in [-0.05, 0) is 41.0 Å². The van der Waals surface area contributed by atoms with E-state index in [1.165, 1.54) is 0 Å². The van der Waals surface area contributed by atoms with Crippen LogP contribution in [0.5, 0.6) is 11.5 Å². The summed E-state index contributed by atoms with van der Waals surface area (Å²) in [5.74, 6) is 1.45. The van der Waals surface area contributed by atoms with Crippen LogP contribution in [0.15, 0.2) is 73.1 Å². The lowest BCUT2D eigenvalue weighted by atomic mass is 10.1. The van der Waals surface area contributed by atoms with Crippen molar-refractivity contribution in [3.8, 4) is 11.5 Å². The Morgan fingerprint density at radius 3 is 2.39 bits per heavy atom. The van der Waals surface area contributed by atoms with E-state index in [0.717, 1.165) is 34.7 Å². The average molecular weight is 378 g/mol. The molecule has 2 aromatic carbocycles. The molecule has 1 atom stereocenters. The molecule has 0 aliphatic rings. The number of hydrogen-bond donors (Lipinski definition) is 1. The second-order valence-corrected chi connectivity index (χ2v) is 6.40. The van der Waals surface area contributed by atoms with Gasteiger partial charge in [-0.25, -0.2) is 0 Å². The van der Waals surface area contributed by atoms with Crippen LogP contribution in [-0.2, 0) is 17.9 Å². The summed E-state index contributed by atoms with van der Waals surface area (Å²) in [7, 11) is 3.39. The number of methoxy groups -OCH3 is 2. The summed E-state index contributed by atoms with van der Waals surface area (Å²) >= 11 is 0. The Balaban J connectivity index is 1.56. The monoisotopic (exact) mass is 378 g/mol. The lowest BCUT2D eigenvalue weighted by Crippen LogP contribution is -2.22. The van der Waals surface area contributed by atoms with Crippen LogP contribution in [0.1, 0.15) is 22.8 Å². The van der Waals surface area contributed by atoms with Crippen molar-refractivity contribution in [3.05, 3.63) is 89.7 Å². The molecule has 0 fully saturated rings. The quantitative estimate of drug-likeness (QED) is 0.574. The first-order valence-corrected chi connectivity index (χ1v) is 9.27. The van der Waals surface area contributed by atoms with Crippen LogP contribution in [0.25, 0.3) is 0 Å². The third kappa shape index (κ3) is 5.55. The predicted molar refractivity (Wildman–Crippen MR) is 109 cm³/mol. The number of aromatic nitrogens is 1. The van der Waals surface area contributed by atoms with Crippen LogP contribution in [0.2, 0.25) is 0 Å². The summed E-state index contributed by atoms with van der Waals surface area (Å²) in [6.45, 7) is 1.92. The first-order chi connectivity index (χ1) is 13.8. The van der Waals surface area contributed by atoms with Gasteiger partial charge in [0.05, 0.1) is 13.2 Å². The fourth-order valence-electron chi connectivity index (χ4n) is 2.93. The van der Waals surface area contributed by atoms with Gasteiger partial charge >= 0.3 is 0 Å². The first kappa shape index (κ1) is 19.9. The number of nitrogens with zero attached hydrogens (tertiary/aromatic N) is 1. The lowest BCUT2D eigenvalue weighted by molar-refractivity contribution is 0.102. The van der Waals surface area contributed by atoms with Gasteiger partial charge in [0.15, 0.2) is 11.5 Å². The summed E-state index contributed by atoms with van der Waals surface area (Å²) in [6, 6.07) is 20.1. The van der Waals surface area contributed by atoms with Crippen molar-refractivity contribution in [2.45, 2.75) is 19.3 Å². The van der Waals surface area contributed by atoms with Gasteiger partial charge in [-0.1, -0.05) is 36.4 Å².